The lowest BCUT2D eigenvalue weighted by Gasteiger charge is -2.12. The lowest BCUT2D eigenvalue weighted by atomic mass is 10.1. The van der Waals surface area contributed by atoms with Gasteiger partial charge in [0, 0.05) is 23.9 Å². The first-order valence-corrected chi connectivity index (χ1v) is 5.10. The zero-order chi connectivity index (χ0) is 10.7. The molecule has 0 radical (unpaired) electrons. The Morgan fingerprint density at radius 3 is 3.00 bits per heavy atom. The number of carbonyl (C=O) groups excluding carboxylic acids is 1. The van der Waals surface area contributed by atoms with Gasteiger partial charge >= 0.3 is 0 Å². The minimum atomic E-state index is -0.0287. The minimum absolute atomic E-state index is 0.0242. The average molecular weight is 209 g/mol. The van der Waals surface area contributed by atoms with Crippen LogP contribution in [0.25, 0.3) is 0 Å². The summed E-state index contributed by atoms with van der Waals surface area (Å²) < 4.78 is 0. The zero-order valence-corrected chi connectivity index (χ0v) is 8.49. The highest BCUT2D eigenvalue weighted by Gasteiger charge is 2.41. The smallest absolute Gasteiger partial charge is 0.226 e. The molecule has 1 aliphatic carbocycles. The van der Waals surface area contributed by atoms with Gasteiger partial charge in [0.15, 0.2) is 0 Å². The number of aliphatic hydroxyl groups excluding tert-OH is 1. The van der Waals surface area contributed by atoms with E-state index < -0.39 is 0 Å². The summed E-state index contributed by atoms with van der Waals surface area (Å²) in [4.78, 5) is 11.5. The zero-order valence-electron chi connectivity index (χ0n) is 8.49. The van der Waals surface area contributed by atoms with Crippen molar-refractivity contribution in [2.45, 2.75) is 19.3 Å². The van der Waals surface area contributed by atoms with Crippen LogP contribution < -0.4 is 5.32 Å². The summed E-state index contributed by atoms with van der Waals surface area (Å²) in [5.74, 6) is -0.0287. The van der Waals surface area contributed by atoms with E-state index in [0.717, 1.165) is 18.5 Å². The van der Waals surface area contributed by atoms with Gasteiger partial charge < -0.3 is 10.4 Å². The summed E-state index contributed by atoms with van der Waals surface area (Å²) >= 11 is 0. The van der Waals surface area contributed by atoms with E-state index in [1.54, 1.807) is 12.3 Å². The van der Waals surface area contributed by atoms with Crippen LogP contribution in [0.15, 0.2) is 12.3 Å². The normalized spacial score (nSPS) is 17.4. The van der Waals surface area contributed by atoms with Crippen LogP contribution in [0.4, 0.5) is 0 Å². The Hall–Kier alpha value is -1.36. The molecule has 2 rings (SSSR count). The number of hydrogen-bond donors (Lipinski definition) is 3. The molecule has 0 atom stereocenters. The third kappa shape index (κ3) is 2.56. The first kappa shape index (κ1) is 10.2. The van der Waals surface area contributed by atoms with Crippen LogP contribution >= 0.6 is 0 Å². The number of hydrogen-bond acceptors (Lipinski definition) is 3. The Bertz CT molecular complexity index is 330. The largest absolute Gasteiger partial charge is 0.396 e. The Balaban J connectivity index is 1.74. The topological polar surface area (TPSA) is 78.0 Å². The predicted molar refractivity (Wildman–Crippen MR) is 54.1 cm³/mol. The van der Waals surface area contributed by atoms with Gasteiger partial charge in [0.05, 0.1) is 13.0 Å². The molecule has 3 N–H and O–H groups in total. The molecule has 1 aromatic heterocycles. The number of nitrogens with one attached hydrogen (secondary N) is 2. The number of amides is 1. The molecule has 0 aliphatic heterocycles. The first-order valence-electron chi connectivity index (χ1n) is 5.10. The first-order chi connectivity index (χ1) is 7.24. The fourth-order valence-corrected chi connectivity index (χ4v) is 1.47. The van der Waals surface area contributed by atoms with Gasteiger partial charge in [-0.1, -0.05) is 0 Å². The van der Waals surface area contributed by atoms with Crippen LogP contribution in [0.2, 0.25) is 0 Å². The Labute approximate surface area is 87.9 Å². The molecule has 1 saturated carbocycles. The summed E-state index contributed by atoms with van der Waals surface area (Å²) in [7, 11) is 0. The number of H-pyrrole nitrogens is 1. The molecule has 1 amide bonds. The lowest BCUT2D eigenvalue weighted by molar-refractivity contribution is -0.120. The van der Waals surface area contributed by atoms with Crippen molar-refractivity contribution in [1.82, 2.24) is 15.5 Å². The van der Waals surface area contributed by atoms with E-state index in [1.807, 2.05) is 0 Å². The summed E-state index contributed by atoms with van der Waals surface area (Å²) in [5.41, 5.74) is 0.783. The van der Waals surface area contributed by atoms with Gasteiger partial charge in [-0.3, -0.25) is 9.89 Å². The summed E-state index contributed by atoms with van der Waals surface area (Å²) in [5, 5.41) is 18.4. The van der Waals surface area contributed by atoms with Crippen LogP contribution in [0, 0.1) is 5.41 Å². The van der Waals surface area contributed by atoms with Crippen LogP contribution in [0.3, 0.4) is 0 Å². The second kappa shape index (κ2) is 4.02. The maximum atomic E-state index is 11.5. The van der Waals surface area contributed by atoms with E-state index in [4.69, 9.17) is 5.11 Å². The van der Waals surface area contributed by atoms with Gasteiger partial charge in [0.25, 0.3) is 0 Å². The van der Waals surface area contributed by atoms with E-state index in [9.17, 15) is 4.79 Å². The molecule has 15 heavy (non-hydrogen) atoms. The van der Waals surface area contributed by atoms with Gasteiger partial charge in [-0.25, -0.2) is 0 Å². The highest BCUT2D eigenvalue weighted by Crippen LogP contribution is 2.44. The highest BCUT2D eigenvalue weighted by atomic mass is 16.3. The van der Waals surface area contributed by atoms with E-state index in [1.165, 1.54) is 0 Å². The van der Waals surface area contributed by atoms with Gasteiger partial charge in [-0.05, 0) is 18.9 Å². The predicted octanol–water partition coefficient (Wildman–Crippen LogP) is -0.159. The SMILES string of the molecule is O=C(Cc1ccn[nH]1)NCC1(CO)CC1. The summed E-state index contributed by atoms with van der Waals surface area (Å²) in [6.07, 6.45) is 3.96. The van der Waals surface area contributed by atoms with Crippen molar-refractivity contribution >= 4 is 5.91 Å². The van der Waals surface area contributed by atoms with Crippen molar-refractivity contribution in [1.29, 1.82) is 0 Å². The molecule has 0 unspecified atom stereocenters. The molecule has 1 aromatic rings. The second-order valence-corrected chi connectivity index (χ2v) is 4.19. The Morgan fingerprint density at radius 2 is 2.47 bits per heavy atom. The molecule has 1 heterocycles. The fourth-order valence-electron chi connectivity index (χ4n) is 1.47. The lowest BCUT2D eigenvalue weighted by Crippen LogP contribution is -2.32. The standard InChI is InChI=1S/C10H15N3O2/c14-7-10(2-3-10)6-11-9(15)5-8-1-4-12-13-8/h1,4,14H,2-3,5-7H2,(H,11,15)(H,12,13). The van der Waals surface area contributed by atoms with E-state index in [0.29, 0.717) is 13.0 Å². The van der Waals surface area contributed by atoms with Crippen molar-refractivity contribution in [3.8, 4) is 0 Å². The van der Waals surface area contributed by atoms with Gasteiger partial charge in [0.1, 0.15) is 0 Å². The molecule has 0 spiro atoms. The van der Waals surface area contributed by atoms with E-state index >= 15 is 0 Å². The minimum Gasteiger partial charge on any atom is -0.396 e. The number of aromatic amines is 1. The number of aliphatic hydroxyl groups is 1. The summed E-state index contributed by atoms with van der Waals surface area (Å²) in [6.45, 7) is 0.744. The van der Waals surface area contributed by atoms with Crippen LogP contribution in [0.5, 0.6) is 0 Å². The number of nitrogens with zero attached hydrogens (tertiary/aromatic N) is 1. The molecule has 5 nitrogen and oxygen atoms in total. The van der Waals surface area contributed by atoms with E-state index in [2.05, 4.69) is 15.5 Å². The molecule has 0 bridgehead atoms. The van der Waals surface area contributed by atoms with Crippen LogP contribution in [-0.4, -0.2) is 34.4 Å². The maximum Gasteiger partial charge on any atom is 0.226 e. The van der Waals surface area contributed by atoms with Gasteiger partial charge in [0.2, 0.25) is 5.91 Å². The Kier molecular flexibility index (Phi) is 2.73. The molecule has 5 heteroatoms. The van der Waals surface area contributed by atoms with Crippen molar-refractivity contribution in [2.24, 2.45) is 5.41 Å². The molecule has 82 valence electrons. The van der Waals surface area contributed by atoms with E-state index in [-0.39, 0.29) is 17.9 Å². The van der Waals surface area contributed by atoms with Crippen molar-refractivity contribution in [2.75, 3.05) is 13.2 Å². The van der Waals surface area contributed by atoms with Crippen molar-refractivity contribution < 1.29 is 9.90 Å². The number of carbonyl (C=O) groups is 1. The van der Waals surface area contributed by atoms with Gasteiger partial charge in [-0.2, -0.15) is 5.10 Å². The number of aromatic nitrogens is 2. The molecule has 0 aromatic carbocycles. The summed E-state index contributed by atoms with van der Waals surface area (Å²) in [6, 6.07) is 1.78. The highest BCUT2D eigenvalue weighted by molar-refractivity contribution is 5.78. The molecule has 1 fully saturated rings. The Morgan fingerprint density at radius 1 is 1.67 bits per heavy atom. The molecular weight excluding hydrogens is 194 g/mol. The maximum absolute atomic E-state index is 11.5. The third-order valence-corrected chi connectivity index (χ3v) is 2.86. The second-order valence-electron chi connectivity index (χ2n) is 4.19. The third-order valence-electron chi connectivity index (χ3n) is 2.86. The van der Waals surface area contributed by atoms with Crippen molar-refractivity contribution in [3.05, 3.63) is 18.0 Å². The van der Waals surface area contributed by atoms with Crippen molar-refractivity contribution in [3.63, 3.8) is 0 Å². The fraction of sp³-hybridized carbons (Fsp3) is 0.600. The molecule has 1 aliphatic rings. The van der Waals surface area contributed by atoms with Gasteiger partial charge in [-0.15, -0.1) is 0 Å². The monoisotopic (exact) mass is 209 g/mol. The van der Waals surface area contributed by atoms with Crippen LogP contribution in [-0.2, 0) is 11.2 Å². The number of rotatable bonds is 5. The molecular formula is C10H15N3O2. The van der Waals surface area contributed by atoms with Crippen LogP contribution in [0.1, 0.15) is 18.5 Å². The quantitative estimate of drug-likeness (QED) is 0.630. The molecule has 0 saturated heterocycles. The average Bonchev–Trinajstić information content (AvgIpc) is 2.86.